The number of nitrogens with zero attached hydrogens (tertiary/aromatic N) is 3. The zero-order valence-corrected chi connectivity index (χ0v) is 26.0. The highest BCUT2D eigenvalue weighted by atomic mass is 79.9. The first-order chi connectivity index (χ1) is 19.4. The zero-order valence-electron chi connectivity index (χ0n) is 24.4. The Labute approximate surface area is 249 Å². The van der Waals surface area contributed by atoms with Gasteiger partial charge in [-0.3, -0.25) is 4.79 Å². The van der Waals surface area contributed by atoms with E-state index in [9.17, 15) is 15.0 Å². The normalized spacial score (nSPS) is 12.3. The molecule has 1 amide bonds. The molecule has 0 unspecified atom stereocenters. The number of aromatic nitrogens is 3. The molecule has 2 aromatic heterocycles. The number of aromatic hydroxyl groups is 2. The maximum atomic E-state index is 11.8. The number of pyridine rings is 1. The number of hydrogen-bond donors (Lipinski definition) is 4. The fourth-order valence-corrected chi connectivity index (χ4v) is 5.18. The van der Waals surface area contributed by atoms with Crippen LogP contribution in [0.1, 0.15) is 64.4 Å². The van der Waals surface area contributed by atoms with E-state index in [1.165, 1.54) is 6.07 Å². The number of nitrogens with two attached hydrogens (primary N) is 1. The second-order valence-corrected chi connectivity index (χ2v) is 12.4. The van der Waals surface area contributed by atoms with Crippen LogP contribution in [0.15, 0.2) is 36.4 Å². The SMILES string of the molecule is CCCCc1nc2c(N)nc3ccc(C(C)(C)COCC(C)(C)NC(=O)CBr)cc3c2n1Cc1cccc(O)c1O. The molecule has 0 atom stereocenters. The molecule has 220 valence electrons. The van der Waals surface area contributed by atoms with Crippen LogP contribution >= 0.6 is 15.9 Å². The number of anilines is 1. The van der Waals surface area contributed by atoms with E-state index in [2.05, 4.69) is 57.6 Å². The molecule has 0 saturated heterocycles. The number of aryl methyl sites for hydroxylation is 1. The molecule has 2 aromatic carbocycles. The van der Waals surface area contributed by atoms with E-state index in [0.717, 1.165) is 47.1 Å². The van der Waals surface area contributed by atoms with Crippen LogP contribution in [-0.4, -0.2) is 54.7 Å². The number of fused-ring (bicyclic) bond motifs is 3. The van der Waals surface area contributed by atoms with Gasteiger partial charge in [-0.15, -0.1) is 0 Å². The predicted molar refractivity (Wildman–Crippen MR) is 167 cm³/mol. The number of phenols is 2. The summed E-state index contributed by atoms with van der Waals surface area (Å²) in [7, 11) is 0. The number of imidazole rings is 1. The molecular weight excluding hydrogens is 586 g/mol. The van der Waals surface area contributed by atoms with E-state index < -0.39 is 5.54 Å². The van der Waals surface area contributed by atoms with Gasteiger partial charge in [0, 0.05) is 22.8 Å². The first kappa shape index (κ1) is 30.6. The van der Waals surface area contributed by atoms with Crippen LogP contribution in [0.25, 0.3) is 21.9 Å². The van der Waals surface area contributed by atoms with E-state index in [1.54, 1.807) is 12.1 Å². The molecule has 10 heteroatoms. The Morgan fingerprint density at radius 3 is 2.59 bits per heavy atom. The number of alkyl halides is 1. The van der Waals surface area contributed by atoms with E-state index >= 15 is 0 Å². The van der Waals surface area contributed by atoms with E-state index in [1.807, 2.05) is 26.0 Å². The van der Waals surface area contributed by atoms with Crippen LogP contribution < -0.4 is 11.1 Å². The Morgan fingerprint density at radius 2 is 1.88 bits per heavy atom. The molecule has 0 spiro atoms. The lowest BCUT2D eigenvalue weighted by Crippen LogP contribution is -2.48. The van der Waals surface area contributed by atoms with Crippen LogP contribution in [0.4, 0.5) is 5.82 Å². The summed E-state index contributed by atoms with van der Waals surface area (Å²) in [4.78, 5) is 21.4. The van der Waals surface area contributed by atoms with E-state index in [4.69, 9.17) is 15.5 Å². The molecule has 0 fully saturated rings. The third-order valence-electron chi connectivity index (χ3n) is 7.27. The Hall–Kier alpha value is -3.37. The Bertz CT molecular complexity index is 1560. The molecule has 4 rings (SSSR count). The van der Waals surface area contributed by atoms with Crippen LogP contribution in [0.2, 0.25) is 0 Å². The van der Waals surface area contributed by atoms with Gasteiger partial charge in [0.05, 0.1) is 41.7 Å². The van der Waals surface area contributed by atoms with Gasteiger partial charge in [-0.25, -0.2) is 9.97 Å². The standard InChI is InChI=1S/C31H40BrN5O4/c1-6-7-11-24-35-26-27(37(24)16-19-9-8-10-23(38)28(19)40)21-14-20(12-13-22(21)34-29(26)33)30(2,3)17-41-18-31(4,5)36-25(39)15-32/h8-10,12-14,38,40H,6-7,11,15-18H2,1-5H3,(H2,33,34)(H,36,39). The van der Waals surface area contributed by atoms with Gasteiger partial charge in [-0.05, 0) is 44.0 Å². The van der Waals surface area contributed by atoms with Gasteiger partial charge in [-0.1, -0.05) is 61.3 Å². The number of nitrogens with one attached hydrogen (secondary N) is 1. The summed E-state index contributed by atoms with van der Waals surface area (Å²) in [6, 6.07) is 11.1. The number of para-hydroxylation sites is 1. The number of halogens is 1. The monoisotopic (exact) mass is 625 g/mol. The largest absolute Gasteiger partial charge is 0.504 e. The van der Waals surface area contributed by atoms with Gasteiger partial charge in [0.15, 0.2) is 17.3 Å². The van der Waals surface area contributed by atoms with Crippen molar-refractivity contribution >= 4 is 49.6 Å². The molecule has 0 aliphatic heterocycles. The second-order valence-electron chi connectivity index (χ2n) is 11.9. The summed E-state index contributed by atoms with van der Waals surface area (Å²) in [6.07, 6.45) is 2.69. The molecule has 0 saturated carbocycles. The zero-order chi connectivity index (χ0) is 29.9. The first-order valence-corrected chi connectivity index (χ1v) is 15.0. The third kappa shape index (κ3) is 6.76. The highest BCUT2D eigenvalue weighted by Gasteiger charge is 2.26. The fourth-order valence-electron chi connectivity index (χ4n) is 5.04. The van der Waals surface area contributed by atoms with Crippen LogP contribution in [0.3, 0.4) is 0 Å². The average molecular weight is 627 g/mol. The Balaban J connectivity index is 1.76. The topological polar surface area (TPSA) is 136 Å². The number of unbranched alkanes of at least 4 members (excludes halogenated alkanes) is 1. The minimum absolute atomic E-state index is 0.0860. The Kier molecular flexibility index (Phi) is 9.13. The quantitative estimate of drug-likeness (QED) is 0.120. The van der Waals surface area contributed by atoms with E-state index in [0.29, 0.717) is 36.7 Å². The molecule has 2 heterocycles. The van der Waals surface area contributed by atoms with Crippen molar-refractivity contribution in [1.82, 2.24) is 19.9 Å². The highest BCUT2D eigenvalue weighted by molar-refractivity contribution is 9.09. The smallest absolute Gasteiger partial charge is 0.231 e. The lowest BCUT2D eigenvalue weighted by atomic mass is 9.84. The van der Waals surface area contributed by atoms with Crippen molar-refractivity contribution < 1.29 is 19.7 Å². The number of benzene rings is 2. The van der Waals surface area contributed by atoms with Crippen molar-refractivity contribution in [1.29, 1.82) is 0 Å². The summed E-state index contributed by atoms with van der Waals surface area (Å²) in [5.41, 5.74) is 9.44. The third-order valence-corrected chi connectivity index (χ3v) is 7.78. The number of phenolic OH excluding ortho intramolecular Hbond substituents is 2. The van der Waals surface area contributed by atoms with Crippen LogP contribution in [0.5, 0.6) is 11.5 Å². The van der Waals surface area contributed by atoms with Crippen molar-refractivity contribution in [3.8, 4) is 11.5 Å². The number of ether oxygens (including phenoxy) is 1. The van der Waals surface area contributed by atoms with Crippen molar-refractivity contribution in [3.05, 3.63) is 53.3 Å². The maximum Gasteiger partial charge on any atom is 0.231 e. The van der Waals surface area contributed by atoms with Gasteiger partial charge in [-0.2, -0.15) is 0 Å². The molecule has 4 aromatic rings. The molecule has 0 bridgehead atoms. The number of nitrogen functional groups attached to an aromatic ring is 1. The summed E-state index contributed by atoms with van der Waals surface area (Å²) in [5.74, 6) is 0.819. The maximum absolute atomic E-state index is 11.8. The van der Waals surface area contributed by atoms with Crippen LogP contribution in [-0.2, 0) is 27.9 Å². The molecule has 0 radical (unpaired) electrons. The second kappa shape index (κ2) is 12.2. The summed E-state index contributed by atoms with van der Waals surface area (Å²) in [5, 5.41) is 24.8. The fraction of sp³-hybridized carbons (Fsp3) is 0.452. The summed E-state index contributed by atoms with van der Waals surface area (Å²) < 4.78 is 8.21. The number of carbonyl (C=O) groups excluding carboxylic acids is 1. The molecule has 5 N–H and O–H groups in total. The number of carbonyl (C=O) groups is 1. The highest BCUT2D eigenvalue weighted by Crippen LogP contribution is 2.35. The molecule has 41 heavy (non-hydrogen) atoms. The van der Waals surface area contributed by atoms with Crippen molar-refractivity contribution in [2.45, 2.75) is 71.4 Å². The Morgan fingerprint density at radius 1 is 1.12 bits per heavy atom. The number of amides is 1. The van der Waals surface area contributed by atoms with Gasteiger partial charge in [0.25, 0.3) is 0 Å². The van der Waals surface area contributed by atoms with Gasteiger partial charge in [0.2, 0.25) is 5.91 Å². The first-order valence-electron chi connectivity index (χ1n) is 13.9. The van der Waals surface area contributed by atoms with Gasteiger partial charge >= 0.3 is 0 Å². The van der Waals surface area contributed by atoms with Gasteiger partial charge in [0.1, 0.15) is 11.3 Å². The molecule has 9 nitrogen and oxygen atoms in total. The number of rotatable bonds is 12. The number of hydrogen-bond acceptors (Lipinski definition) is 7. The molecule has 0 aliphatic rings. The van der Waals surface area contributed by atoms with Crippen molar-refractivity contribution in [2.75, 3.05) is 24.3 Å². The van der Waals surface area contributed by atoms with Crippen molar-refractivity contribution in [2.24, 2.45) is 0 Å². The molecular formula is C31H40BrN5O4. The van der Waals surface area contributed by atoms with Crippen molar-refractivity contribution in [3.63, 3.8) is 0 Å². The van der Waals surface area contributed by atoms with Gasteiger partial charge < -0.3 is 30.6 Å². The molecule has 0 aliphatic carbocycles. The van der Waals surface area contributed by atoms with E-state index in [-0.39, 0.29) is 28.2 Å². The van der Waals surface area contributed by atoms with Crippen LogP contribution in [0, 0.1) is 0 Å². The lowest BCUT2D eigenvalue weighted by molar-refractivity contribution is -0.120. The average Bonchev–Trinajstić information content (AvgIpc) is 3.28. The minimum Gasteiger partial charge on any atom is -0.504 e. The minimum atomic E-state index is -0.503. The predicted octanol–water partition coefficient (Wildman–Crippen LogP) is 5.55. The lowest BCUT2D eigenvalue weighted by Gasteiger charge is -2.30. The summed E-state index contributed by atoms with van der Waals surface area (Å²) in [6.45, 7) is 11.4. The summed E-state index contributed by atoms with van der Waals surface area (Å²) >= 11 is 3.19.